The number of nitrogens with zero attached hydrogens (tertiary/aromatic N) is 3. The summed E-state index contributed by atoms with van der Waals surface area (Å²) in [5, 5.41) is 19.6. The number of aromatic nitrogens is 2. The summed E-state index contributed by atoms with van der Waals surface area (Å²) in [7, 11) is 5.61. The zero-order chi connectivity index (χ0) is 15.3. The second-order valence-electron chi connectivity index (χ2n) is 5.65. The number of hydrogen-bond acceptors (Lipinski definition) is 4. The van der Waals surface area contributed by atoms with Gasteiger partial charge in [0, 0.05) is 37.9 Å². The molecule has 0 spiro atoms. The Morgan fingerprint density at radius 2 is 2.15 bits per heavy atom. The second kappa shape index (κ2) is 6.71. The van der Waals surface area contributed by atoms with E-state index in [-0.39, 0.29) is 12.6 Å². The highest BCUT2D eigenvalue weighted by Crippen LogP contribution is 2.05. The van der Waals surface area contributed by atoms with Crippen LogP contribution in [0.1, 0.15) is 18.2 Å². The number of hydrogen-bond donors (Lipinski definition) is 3. The minimum Gasteiger partial charge on any atom is -0.387 e. The Bertz CT molecular complexity index is 454. The summed E-state index contributed by atoms with van der Waals surface area (Å²) in [5.41, 5.74) is 1.04. The normalized spacial score (nSPS) is 14.2. The Morgan fingerprint density at radius 3 is 2.65 bits per heavy atom. The first-order valence-corrected chi connectivity index (χ1v) is 6.57. The van der Waals surface area contributed by atoms with Gasteiger partial charge in [-0.05, 0) is 27.9 Å². The lowest BCUT2D eigenvalue weighted by Crippen LogP contribution is -2.49. The molecule has 1 rings (SSSR count). The maximum Gasteiger partial charge on any atom is 0.315 e. The molecule has 1 heterocycles. The van der Waals surface area contributed by atoms with Crippen molar-refractivity contribution < 1.29 is 9.90 Å². The van der Waals surface area contributed by atoms with Gasteiger partial charge in [-0.3, -0.25) is 4.68 Å². The van der Waals surface area contributed by atoms with E-state index in [1.165, 1.54) is 0 Å². The molecule has 7 nitrogen and oxygen atoms in total. The molecule has 0 aliphatic heterocycles. The topological polar surface area (TPSA) is 82.4 Å². The molecule has 114 valence electrons. The van der Waals surface area contributed by atoms with Gasteiger partial charge in [-0.25, -0.2) is 4.79 Å². The Labute approximate surface area is 120 Å². The van der Waals surface area contributed by atoms with Crippen LogP contribution in [0, 0.1) is 6.92 Å². The van der Waals surface area contributed by atoms with E-state index in [1.54, 1.807) is 17.8 Å². The number of aliphatic hydroxyl groups is 1. The molecule has 0 aromatic carbocycles. The highest BCUT2D eigenvalue weighted by atomic mass is 16.3. The van der Waals surface area contributed by atoms with Gasteiger partial charge in [0.1, 0.15) is 0 Å². The van der Waals surface area contributed by atoms with Crippen molar-refractivity contribution in [1.82, 2.24) is 25.3 Å². The van der Waals surface area contributed by atoms with E-state index in [0.717, 1.165) is 11.3 Å². The molecule has 0 radical (unpaired) electrons. The summed E-state index contributed by atoms with van der Waals surface area (Å²) < 4.78 is 1.76. The minimum atomic E-state index is -0.953. The van der Waals surface area contributed by atoms with Crippen LogP contribution in [0.5, 0.6) is 0 Å². The van der Waals surface area contributed by atoms with Crippen LogP contribution in [-0.2, 0) is 13.6 Å². The molecule has 0 saturated carbocycles. The smallest absolute Gasteiger partial charge is 0.315 e. The highest BCUT2D eigenvalue weighted by Gasteiger charge is 2.22. The van der Waals surface area contributed by atoms with Crippen molar-refractivity contribution in [3.8, 4) is 0 Å². The molecule has 1 atom stereocenters. The van der Waals surface area contributed by atoms with Gasteiger partial charge >= 0.3 is 6.03 Å². The molecule has 1 aromatic rings. The largest absolute Gasteiger partial charge is 0.387 e. The lowest BCUT2D eigenvalue weighted by molar-refractivity contribution is 0.0360. The number of carbonyl (C=O) groups is 1. The molecule has 0 bridgehead atoms. The first kappa shape index (κ1) is 16.5. The van der Waals surface area contributed by atoms with Crippen LogP contribution in [0.25, 0.3) is 0 Å². The van der Waals surface area contributed by atoms with Crippen LogP contribution in [0.2, 0.25) is 0 Å². The van der Waals surface area contributed by atoms with Crippen molar-refractivity contribution in [2.75, 3.05) is 27.2 Å². The Balaban J connectivity index is 2.36. The van der Waals surface area contributed by atoms with Crippen LogP contribution < -0.4 is 10.6 Å². The lowest BCUT2D eigenvalue weighted by Gasteiger charge is -2.27. The van der Waals surface area contributed by atoms with Crippen molar-refractivity contribution in [3.05, 3.63) is 17.5 Å². The van der Waals surface area contributed by atoms with Crippen molar-refractivity contribution in [2.24, 2.45) is 7.05 Å². The number of nitrogens with one attached hydrogen (secondary N) is 2. The maximum absolute atomic E-state index is 11.7. The molecule has 0 saturated heterocycles. The molecule has 0 aliphatic rings. The first-order chi connectivity index (χ1) is 9.21. The fourth-order valence-corrected chi connectivity index (χ4v) is 1.96. The summed E-state index contributed by atoms with van der Waals surface area (Å²) in [6.45, 7) is 4.74. The molecule has 3 N–H and O–H groups in total. The summed E-state index contributed by atoms with van der Waals surface area (Å²) >= 11 is 0. The quantitative estimate of drug-likeness (QED) is 0.677. The van der Waals surface area contributed by atoms with Gasteiger partial charge in [-0.2, -0.15) is 5.10 Å². The third-order valence-electron chi connectivity index (χ3n) is 3.06. The molecule has 1 aromatic heterocycles. The number of carbonyl (C=O) groups excluding carboxylic acids is 1. The fourth-order valence-electron chi connectivity index (χ4n) is 1.96. The molecular formula is C13H25N5O2. The summed E-state index contributed by atoms with van der Waals surface area (Å²) in [4.78, 5) is 13.6. The van der Waals surface area contributed by atoms with Crippen molar-refractivity contribution in [3.63, 3.8) is 0 Å². The summed E-state index contributed by atoms with van der Waals surface area (Å²) in [6.07, 6.45) is 1.73. The molecule has 7 heteroatoms. The average molecular weight is 283 g/mol. The monoisotopic (exact) mass is 283 g/mol. The maximum atomic E-state index is 11.7. The molecule has 20 heavy (non-hydrogen) atoms. The van der Waals surface area contributed by atoms with E-state index in [2.05, 4.69) is 15.7 Å². The fraction of sp³-hybridized carbons (Fsp3) is 0.692. The molecule has 1 unspecified atom stereocenters. The molecule has 2 amide bonds. The zero-order valence-electron chi connectivity index (χ0n) is 12.9. The third kappa shape index (κ3) is 5.18. The lowest BCUT2D eigenvalue weighted by atomic mass is 10.1. The van der Waals surface area contributed by atoms with Gasteiger partial charge < -0.3 is 20.6 Å². The third-order valence-corrected chi connectivity index (χ3v) is 3.06. The van der Waals surface area contributed by atoms with Gasteiger partial charge in [0.15, 0.2) is 0 Å². The van der Waals surface area contributed by atoms with Crippen molar-refractivity contribution in [2.45, 2.75) is 26.0 Å². The first-order valence-electron chi connectivity index (χ1n) is 6.57. The number of likely N-dealkylation sites (N-methyl/N-ethyl adjacent to an activating group) is 1. The Hall–Kier alpha value is -1.60. The van der Waals surface area contributed by atoms with E-state index < -0.39 is 5.60 Å². The SMILES string of the molecule is Cc1c(CNC(=O)NCC(C)(O)CN(C)C)cnn1C. The molecule has 0 fully saturated rings. The van der Waals surface area contributed by atoms with E-state index in [9.17, 15) is 9.90 Å². The van der Waals surface area contributed by atoms with E-state index >= 15 is 0 Å². The standard InChI is InChI=1S/C13H25N5O2/c1-10-11(7-16-18(10)5)6-14-12(19)15-8-13(2,20)9-17(3)4/h7,20H,6,8-9H2,1-5H3,(H2,14,15,19). The van der Waals surface area contributed by atoms with Crippen LogP contribution in [0.3, 0.4) is 0 Å². The highest BCUT2D eigenvalue weighted by molar-refractivity contribution is 5.73. The number of aryl methyl sites for hydroxylation is 1. The Morgan fingerprint density at radius 1 is 1.50 bits per heavy atom. The predicted octanol–water partition coefficient (Wildman–Crippen LogP) is -0.160. The summed E-state index contributed by atoms with van der Waals surface area (Å²) in [5.74, 6) is 0. The number of rotatable bonds is 6. The van der Waals surface area contributed by atoms with Gasteiger partial charge in [0.25, 0.3) is 0 Å². The van der Waals surface area contributed by atoms with Crippen LogP contribution in [-0.4, -0.2) is 58.6 Å². The Kier molecular flexibility index (Phi) is 5.52. The number of urea groups is 1. The van der Waals surface area contributed by atoms with E-state index in [4.69, 9.17) is 0 Å². The second-order valence-corrected chi connectivity index (χ2v) is 5.65. The van der Waals surface area contributed by atoms with Gasteiger partial charge in [-0.15, -0.1) is 0 Å². The van der Waals surface area contributed by atoms with Crippen LogP contribution >= 0.6 is 0 Å². The van der Waals surface area contributed by atoms with Gasteiger partial charge in [-0.1, -0.05) is 0 Å². The number of amides is 2. The van der Waals surface area contributed by atoms with Gasteiger partial charge in [0.05, 0.1) is 11.8 Å². The average Bonchev–Trinajstić information content (AvgIpc) is 2.63. The predicted molar refractivity (Wildman–Crippen MR) is 77.4 cm³/mol. The molecular weight excluding hydrogens is 258 g/mol. The van der Waals surface area contributed by atoms with Crippen molar-refractivity contribution in [1.29, 1.82) is 0 Å². The zero-order valence-corrected chi connectivity index (χ0v) is 12.9. The van der Waals surface area contributed by atoms with Gasteiger partial charge in [0.2, 0.25) is 0 Å². The minimum absolute atomic E-state index is 0.197. The van der Waals surface area contributed by atoms with Crippen LogP contribution in [0.15, 0.2) is 6.20 Å². The van der Waals surface area contributed by atoms with E-state index in [1.807, 2.05) is 33.0 Å². The van der Waals surface area contributed by atoms with Crippen molar-refractivity contribution >= 4 is 6.03 Å². The summed E-state index contributed by atoms with van der Waals surface area (Å²) in [6, 6.07) is -0.299. The molecule has 0 aliphatic carbocycles. The van der Waals surface area contributed by atoms with Crippen LogP contribution in [0.4, 0.5) is 4.79 Å². The van der Waals surface area contributed by atoms with E-state index in [0.29, 0.717) is 13.1 Å².